The van der Waals surface area contributed by atoms with E-state index in [9.17, 15) is 9.90 Å². The first-order valence-electron chi connectivity index (χ1n) is 2.52. The van der Waals surface area contributed by atoms with Crippen LogP contribution in [0.1, 0.15) is 13.8 Å². The van der Waals surface area contributed by atoms with Crippen LogP contribution in [0.25, 0.3) is 0 Å². The number of carboxylic acids is 2. The van der Waals surface area contributed by atoms with Crippen LogP contribution in [-0.4, -0.2) is 49.7 Å². The Balaban J connectivity index is -0.000000114. The van der Waals surface area contributed by atoms with Gasteiger partial charge in [-0.3, -0.25) is 0 Å². The van der Waals surface area contributed by atoms with Crippen LogP contribution in [0.5, 0.6) is 0 Å². The summed E-state index contributed by atoms with van der Waals surface area (Å²) in [4.78, 5) is 18.3. The van der Waals surface area contributed by atoms with Crippen molar-refractivity contribution in [3.8, 4) is 0 Å². The molecule has 0 unspecified atom stereocenters. The van der Waals surface area contributed by atoms with Crippen LogP contribution in [0.15, 0.2) is 12.2 Å². The first kappa shape index (κ1) is 17.1. The number of rotatable bonds is 1. The summed E-state index contributed by atoms with van der Waals surface area (Å²) in [5.41, 5.74) is 0. The number of carbonyl (C=O) groups excluding carboxylic acids is 2. The van der Waals surface area contributed by atoms with Crippen LogP contribution in [0.4, 0.5) is 0 Å². The quantitative estimate of drug-likeness (QED) is 0.338. The molecule has 0 saturated heterocycles. The minimum absolute atomic E-state index is 0. The zero-order valence-corrected chi connectivity index (χ0v) is 8.70. The summed E-state index contributed by atoms with van der Waals surface area (Å²) < 4.78 is 0. The van der Waals surface area contributed by atoms with Crippen LogP contribution in [-0.2, 0) is 9.59 Å². The Labute approximate surface area is 94.9 Å². The SMILES string of the molecule is C/C=C/C(=O)[O-].CC(=O)[O-].[Ca+2]. The predicted molar refractivity (Wildman–Crippen MR) is 36.3 cm³/mol. The molecule has 0 aromatic carbocycles. The van der Waals surface area contributed by atoms with Gasteiger partial charge >= 0.3 is 37.7 Å². The molecule has 4 nitrogen and oxygen atoms in total. The van der Waals surface area contributed by atoms with Crippen LogP contribution < -0.4 is 10.2 Å². The minimum Gasteiger partial charge on any atom is -0.550 e. The normalized spacial score (nSPS) is 7.45. The van der Waals surface area contributed by atoms with Crippen molar-refractivity contribution in [2.45, 2.75) is 13.8 Å². The van der Waals surface area contributed by atoms with Gasteiger partial charge in [0.25, 0.3) is 0 Å². The second-order valence-corrected chi connectivity index (χ2v) is 1.31. The third-order valence-corrected chi connectivity index (χ3v) is 0.303. The molecule has 0 saturated carbocycles. The van der Waals surface area contributed by atoms with Crippen LogP contribution in [0, 0.1) is 0 Å². The number of hydrogen-bond donors (Lipinski definition) is 0. The molecule has 0 fully saturated rings. The molecule has 11 heavy (non-hydrogen) atoms. The molecule has 0 aromatic heterocycles. The van der Waals surface area contributed by atoms with Gasteiger partial charge in [0.15, 0.2) is 0 Å². The smallest absolute Gasteiger partial charge is 0.550 e. The average molecular weight is 184 g/mol. The molecule has 0 bridgehead atoms. The van der Waals surface area contributed by atoms with E-state index in [-0.39, 0.29) is 37.7 Å². The molecule has 0 atom stereocenters. The number of carbonyl (C=O) groups is 2. The molecular formula is C6H8CaO4. The summed E-state index contributed by atoms with van der Waals surface area (Å²) in [5, 5.41) is 18.3. The summed E-state index contributed by atoms with van der Waals surface area (Å²) in [7, 11) is 0. The van der Waals surface area contributed by atoms with Gasteiger partial charge < -0.3 is 19.8 Å². The Morgan fingerprint density at radius 1 is 1.27 bits per heavy atom. The van der Waals surface area contributed by atoms with E-state index in [1.807, 2.05) is 0 Å². The monoisotopic (exact) mass is 184 g/mol. The number of aliphatic carboxylic acids is 2. The topological polar surface area (TPSA) is 80.3 Å². The third kappa shape index (κ3) is 72.5. The number of carboxylic acid groups (broad SMARTS) is 2. The molecule has 0 radical (unpaired) electrons. The summed E-state index contributed by atoms with van der Waals surface area (Å²) in [6, 6.07) is 0. The largest absolute Gasteiger partial charge is 2.00 e. The van der Waals surface area contributed by atoms with Gasteiger partial charge in [0.05, 0.1) is 5.97 Å². The fraction of sp³-hybridized carbons (Fsp3) is 0.333. The molecule has 0 aliphatic rings. The standard InChI is InChI=1S/C4H6O2.C2H4O2.Ca/c1-2-3-4(5)6;1-2(3)4;/h2-3H,1H3,(H,5,6);1H3,(H,3,4);/q;;+2/p-2/b3-2+;;. The zero-order chi connectivity index (χ0) is 8.57. The van der Waals surface area contributed by atoms with Gasteiger partial charge in [0.2, 0.25) is 0 Å². The fourth-order valence-electron chi connectivity index (χ4n) is 0.136. The van der Waals surface area contributed by atoms with Crippen LogP contribution >= 0.6 is 0 Å². The molecule has 0 aromatic rings. The van der Waals surface area contributed by atoms with Crippen molar-refractivity contribution in [2.24, 2.45) is 0 Å². The molecular weight excluding hydrogens is 176 g/mol. The van der Waals surface area contributed by atoms with Gasteiger partial charge in [-0.05, 0) is 19.9 Å². The van der Waals surface area contributed by atoms with Crippen LogP contribution in [0.3, 0.4) is 0 Å². The Morgan fingerprint density at radius 2 is 1.55 bits per heavy atom. The Kier molecular flexibility index (Phi) is 19.6. The average Bonchev–Trinajstić information content (AvgIpc) is 1.62. The van der Waals surface area contributed by atoms with Crippen molar-refractivity contribution in [3.63, 3.8) is 0 Å². The minimum atomic E-state index is -1.14. The van der Waals surface area contributed by atoms with Gasteiger partial charge in [-0.2, -0.15) is 0 Å². The maximum atomic E-state index is 9.40. The van der Waals surface area contributed by atoms with E-state index in [4.69, 9.17) is 9.90 Å². The number of hydrogen-bond acceptors (Lipinski definition) is 4. The Morgan fingerprint density at radius 3 is 1.55 bits per heavy atom. The summed E-state index contributed by atoms with van der Waals surface area (Å²) in [5.74, 6) is -2.22. The molecule has 0 heterocycles. The fourth-order valence-corrected chi connectivity index (χ4v) is 0.136. The van der Waals surface area contributed by atoms with Gasteiger partial charge in [-0.1, -0.05) is 6.08 Å². The van der Waals surface area contributed by atoms with E-state index < -0.39 is 11.9 Å². The van der Waals surface area contributed by atoms with E-state index in [1.54, 1.807) is 6.92 Å². The maximum Gasteiger partial charge on any atom is 2.00 e. The summed E-state index contributed by atoms with van der Waals surface area (Å²) in [6.07, 6.45) is 2.38. The van der Waals surface area contributed by atoms with Crippen LogP contribution in [0.2, 0.25) is 0 Å². The second-order valence-electron chi connectivity index (χ2n) is 1.31. The second kappa shape index (κ2) is 12.6. The van der Waals surface area contributed by atoms with Gasteiger partial charge in [0.1, 0.15) is 0 Å². The van der Waals surface area contributed by atoms with Gasteiger partial charge in [-0.15, -0.1) is 0 Å². The van der Waals surface area contributed by atoms with Gasteiger partial charge in [-0.25, -0.2) is 0 Å². The zero-order valence-electron chi connectivity index (χ0n) is 6.49. The van der Waals surface area contributed by atoms with E-state index in [0.717, 1.165) is 13.0 Å². The molecule has 0 N–H and O–H groups in total. The Hall–Kier alpha value is -0.0603. The van der Waals surface area contributed by atoms with Gasteiger partial charge in [0, 0.05) is 5.97 Å². The Bertz CT molecular complexity index is 138. The first-order chi connectivity index (χ1) is 4.50. The molecule has 58 valence electrons. The van der Waals surface area contributed by atoms with Crippen molar-refractivity contribution in [1.29, 1.82) is 0 Å². The third-order valence-electron chi connectivity index (χ3n) is 0.303. The molecule has 0 rings (SSSR count). The van der Waals surface area contributed by atoms with E-state index in [1.165, 1.54) is 6.08 Å². The predicted octanol–water partition coefficient (Wildman–Crippen LogP) is -2.31. The molecule has 5 heteroatoms. The van der Waals surface area contributed by atoms with E-state index in [2.05, 4.69) is 0 Å². The molecule has 0 spiro atoms. The van der Waals surface area contributed by atoms with Crippen molar-refractivity contribution in [2.75, 3.05) is 0 Å². The summed E-state index contributed by atoms with van der Waals surface area (Å²) in [6.45, 7) is 2.59. The maximum absolute atomic E-state index is 9.40. The van der Waals surface area contributed by atoms with Crippen molar-refractivity contribution in [3.05, 3.63) is 12.2 Å². The molecule has 0 aliphatic heterocycles. The van der Waals surface area contributed by atoms with E-state index >= 15 is 0 Å². The van der Waals surface area contributed by atoms with Crippen molar-refractivity contribution >= 4 is 49.7 Å². The number of allylic oxidation sites excluding steroid dienone is 1. The van der Waals surface area contributed by atoms with E-state index in [0.29, 0.717) is 0 Å². The first-order valence-corrected chi connectivity index (χ1v) is 2.52. The molecule has 0 amide bonds. The summed E-state index contributed by atoms with van der Waals surface area (Å²) >= 11 is 0. The van der Waals surface area contributed by atoms with Crippen molar-refractivity contribution in [1.82, 2.24) is 0 Å². The molecule has 0 aliphatic carbocycles. The van der Waals surface area contributed by atoms with Crippen molar-refractivity contribution < 1.29 is 19.8 Å².